The van der Waals surface area contributed by atoms with Gasteiger partial charge in [-0.1, -0.05) is 0 Å². The van der Waals surface area contributed by atoms with E-state index in [0.29, 0.717) is 24.5 Å². The quantitative estimate of drug-likeness (QED) is 0.634. The van der Waals surface area contributed by atoms with Crippen LogP contribution < -0.4 is 19.7 Å². The third-order valence-corrected chi connectivity index (χ3v) is 8.58. The zero-order valence-electron chi connectivity index (χ0n) is 19.4. The van der Waals surface area contributed by atoms with Crippen LogP contribution in [0.4, 0.5) is 5.69 Å². The molecule has 2 aromatic rings. The highest BCUT2D eigenvalue weighted by Crippen LogP contribution is 2.31. The summed E-state index contributed by atoms with van der Waals surface area (Å²) in [6, 6.07) is 10.2. The Hall–Kier alpha value is -2.62. The van der Waals surface area contributed by atoms with Gasteiger partial charge in [-0.2, -0.15) is 4.31 Å². The third-order valence-electron chi connectivity index (χ3n) is 6.67. The Balaban J connectivity index is 1.41. The number of quaternary nitrogens is 1. The van der Waals surface area contributed by atoms with Crippen molar-refractivity contribution in [1.82, 2.24) is 4.31 Å². The lowest BCUT2D eigenvalue weighted by molar-refractivity contribution is -0.929. The molecule has 2 N–H and O–H groups in total. The summed E-state index contributed by atoms with van der Waals surface area (Å²) in [4.78, 5) is 14.4. The maximum Gasteiger partial charge on any atom is 0.282 e. The molecule has 2 aliphatic rings. The molecule has 1 amide bonds. The fraction of sp³-hybridized carbons (Fsp3) is 0.458. The van der Waals surface area contributed by atoms with Crippen molar-refractivity contribution in [2.24, 2.45) is 0 Å². The zero-order chi connectivity index (χ0) is 23.6. The van der Waals surface area contributed by atoms with Gasteiger partial charge in [0.2, 0.25) is 10.0 Å². The first-order valence-corrected chi connectivity index (χ1v) is 12.8. The Morgan fingerprint density at radius 1 is 1.03 bits per heavy atom. The van der Waals surface area contributed by atoms with E-state index in [9.17, 15) is 13.2 Å². The van der Waals surface area contributed by atoms with Crippen molar-refractivity contribution in [3.63, 3.8) is 0 Å². The Bertz CT molecular complexity index is 1110. The number of carbonyl (C=O) groups excluding carboxylic acids is 1. The molecule has 0 spiro atoms. The summed E-state index contributed by atoms with van der Waals surface area (Å²) < 4.78 is 37.7. The molecular weight excluding hydrogens is 442 g/mol. The number of rotatable bonds is 7. The van der Waals surface area contributed by atoms with E-state index in [2.05, 4.69) is 5.32 Å². The molecule has 178 valence electrons. The van der Waals surface area contributed by atoms with Gasteiger partial charge < -0.3 is 19.7 Å². The minimum Gasteiger partial charge on any atom is -0.493 e. The lowest BCUT2D eigenvalue weighted by Crippen LogP contribution is -3.16. The Morgan fingerprint density at radius 3 is 2.24 bits per heavy atom. The highest BCUT2D eigenvalue weighted by atomic mass is 32.2. The smallest absolute Gasteiger partial charge is 0.282 e. The summed E-state index contributed by atoms with van der Waals surface area (Å²) in [5.74, 6) is 1.32. The average molecular weight is 475 g/mol. The van der Waals surface area contributed by atoms with Gasteiger partial charge >= 0.3 is 0 Å². The van der Waals surface area contributed by atoms with Crippen LogP contribution in [0.5, 0.6) is 11.5 Å². The largest absolute Gasteiger partial charge is 0.493 e. The van der Waals surface area contributed by atoms with Gasteiger partial charge in [0.1, 0.15) is 6.54 Å². The number of nitrogens with one attached hydrogen (secondary N) is 2. The Morgan fingerprint density at radius 2 is 1.64 bits per heavy atom. The van der Waals surface area contributed by atoms with Crippen LogP contribution in [0.15, 0.2) is 41.3 Å². The minimum atomic E-state index is -3.46. The maximum absolute atomic E-state index is 12.9. The first-order chi connectivity index (χ1) is 15.8. The first-order valence-electron chi connectivity index (χ1n) is 11.3. The van der Waals surface area contributed by atoms with Crippen molar-refractivity contribution >= 4 is 21.6 Å². The van der Waals surface area contributed by atoms with Crippen LogP contribution in [0.1, 0.15) is 30.9 Å². The predicted molar refractivity (Wildman–Crippen MR) is 125 cm³/mol. The number of sulfonamides is 1. The number of methoxy groups -OCH3 is 2. The van der Waals surface area contributed by atoms with Crippen LogP contribution >= 0.6 is 0 Å². The van der Waals surface area contributed by atoms with E-state index in [1.165, 1.54) is 14.8 Å². The van der Waals surface area contributed by atoms with E-state index in [-0.39, 0.29) is 16.8 Å². The van der Waals surface area contributed by atoms with Gasteiger partial charge in [-0.3, -0.25) is 4.79 Å². The van der Waals surface area contributed by atoms with E-state index in [0.717, 1.165) is 43.7 Å². The average Bonchev–Trinajstić information content (AvgIpc) is 3.38. The van der Waals surface area contributed by atoms with E-state index in [4.69, 9.17) is 9.47 Å². The summed E-state index contributed by atoms with van der Waals surface area (Å²) >= 11 is 0. The van der Waals surface area contributed by atoms with Gasteiger partial charge in [0.05, 0.1) is 25.7 Å². The fourth-order valence-electron chi connectivity index (χ4n) is 4.58. The van der Waals surface area contributed by atoms with E-state index in [1.807, 2.05) is 19.1 Å². The first kappa shape index (κ1) is 23.5. The number of hydrogen-bond donors (Lipinski definition) is 2. The summed E-state index contributed by atoms with van der Waals surface area (Å²) in [6.45, 7) is 4.61. The van der Waals surface area contributed by atoms with Gasteiger partial charge in [-0.05, 0) is 61.7 Å². The highest BCUT2D eigenvalue weighted by Gasteiger charge is 2.31. The molecule has 0 aliphatic carbocycles. The van der Waals surface area contributed by atoms with Crippen molar-refractivity contribution in [2.45, 2.75) is 43.7 Å². The molecule has 1 unspecified atom stereocenters. The molecular formula is C24H32N3O5S+. The molecule has 0 radical (unpaired) electrons. The van der Waals surface area contributed by atoms with Gasteiger partial charge in [-0.25, -0.2) is 8.42 Å². The molecule has 33 heavy (non-hydrogen) atoms. The number of benzene rings is 2. The van der Waals surface area contributed by atoms with Crippen LogP contribution in [0, 0.1) is 0 Å². The van der Waals surface area contributed by atoms with Gasteiger partial charge in [0.15, 0.2) is 17.5 Å². The predicted octanol–water partition coefficient (Wildman–Crippen LogP) is 1.46. The lowest BCUT2D eigenvalue weighted by atomic mass is 9.97. The molecule has 0 bridgehead atoms. The summed E-state index contributed by atoms with van der Waals surface area (Å²) in [5, 5.41) is 2.94. The second-order valence-corrected chi connectivity index (χ2v) is 10.6. The van der Waals surface area contributed by atoms with Crippen molar-refractivity contribution in [3.8, 4) is 11.5 Å². The number of fused-ring (bicyclic) bond motifs is 1. The SMILES string of the molecule is COc1cc2c(cc1OC)C[NH+]([C@@H](C)C(=O)Nc1ccc(S(=O)(=O)N3CCCC3)cc1)CC2. The van der Waals surface area contributed by atoms with Gasteiger partial charge in [-0.15, -0.1) is 0 Å². The Labute approximate surface area is 195 Å². The van der Waals surface area contributed by atoms with Crippen LogP contribution in [0.25, 0.3) is 0 Å². The second-order valence-electron chi connectivity index (χ2n) is 8.66. The minimum absolute atomic E-state index is 0.0934. The number of ether oxygens (including phenoxy) is 2. The van der Waals surface area contributed by atoms with Crippen molar-refractivity contribution in [3.05, 3.63) is 47.5 Å². The normalized spacial score (nSPS) is 19.5. The molecule has 2 heterocycles. The molecule has 2 atom stereocenters. The molecule has 8 nitrogen and oxygen atoms in total. The molecule has 2 aliphatic heterocycles. The van der Waals surface area contributed by atoms with E-state index in [1.54, 1.807) is 38.5 Å². The van der Waals surface area contributed by atoms with Crippen LogP contribution in [0.2, 0.25) is 0 Å². The standard InChI is InChI=1S/C24H31N3O5S/c1-17(26-13-10-18-14-22(31-2)23(32-3)15-19(18)16-26)24(28)25-20-6-8-21(9-7-20)33(29,30)27-11-4-5-12-27/h6-9,14-15,17H,4-5,10-13,16H2,1-3H3,(H,25,28)/p+1/t17-/m0/s1. The maximum atomic E-state index is 12.9. The van der Waals surface area contributed by atoms with E-state index < -0.39 is 10.0 Å². The highest BCUT2D eigenvalue weighted by molar-refractivity contribution is 7.89. The van der Waals surface area contributed by atoms with Gasteiger partial charge in [0, 0.05) is 30.8 Å². The fourth-order valence-corrected chi connectivity index (χ4v) is 6.10. The van der Waals surface area contributed by atoms with Crippen molar-refractivity contribution < 1.29 is 27.6 Å². The zero-order valence-corrected chi connectivity index (χ0v) is 20.2. The molecule has 0 saturated carbocycles. The van der Waals surface area contributed by atoms with Crippen molar-refractivity contribution in [2.75, 3.05) is 39.2 Å². The summed E-state index contributed by atoms with van der Waals surface area (Å²) in [5.41, 5.74) is 2.97. The molecule has 0 aromatic heterocycles. The van der Waals surface area contributed by atoms with Crippen LogP contribution in [-0.4, -0.2) is 58.5 Å². The Kier molecular flexibility index (Phi) is 6.92. The number of amides is 1. The van der Waals surface area contributed by atoms with Crippen molar-refractivity contribution in [1.29, 1.82) is 0 Å². The number of hydrogen-bond acceptors (Lipinski definition) is 5. The third kappa shape index (κ3) is 4.85. The summed E-state index contributed by atoms with van der Waals surface area (Å²) in [6.07, 6.45) is 2.65. The molecule has 1 fully saturated rings. The second kappa shape index (κ2) is 9.70. The summed E-state index contributed by atoms with van der Waals surface area (Å²) in [7, 11) is -0.209. The molecule has 9 heteroatoms. The molecule has 4 rings (SSSR count). The topological polar surface area (TPSA) is 89.4 Å². The monoisotopic (exact) mass is 474 g/mol. The number of nitrogens with zero attached hydrogens (tertiary/aromatic N) is 1. The van der Waals surface area contributed by atoms with Crippen LogP contribution in [0.3, 0.4) is 0 Å². The lowest BCUT2D eigenvalue weighted by Gasteiger charge is -2.30. The van der Waals surface area contributed by atoms with Gasteiger partial charge in [0.25, 0.3) is 5.91 Å². The van der Waals surface area contributed by atoms with Crippen LogP contribution in [-0.2, 0) is 27.8 Å². The molecule has 1 saturated heterocycles. The number of carbonyl (C=O) groups is 1. The molecule has 2 aromatic carbocycles. The number of anilines is 1. The van der Waals surface area contributed by atoms with E-state index >= 15 is 0 Å².